The highest BCUT2D eigenvalue weighted by atomic mass is 32.2. The number of nitrogens with one attached hydrogen (secondary N) is 1. The number of nitrogen functional groups attached to an aromatic ring is 1. The molecule has 0 amide bonds. The second-order valence-electron chi connectivity index (χ2n) is 3.70. The van der Waals surface area contributed by atoms with Crippen molar-refractivity contribution in [3.05, 3.63) is 30.5 Å². The number of nitrogens with zero attached hydrogens (tertiary/aromatic N) is 2. The first-order chi connectivity index (χ1) is 8.38. The zero-order valence-electron chi connectivity index (χ0n) is 9.53. The summed E-state index contributed by atoms with van der Waals surface area (Å²) in [6, 6.07) is 5.20. The molecule has 0 fully saturated rings. The van der Waals surface area contributed by atoms with E-state index in [-0.39, 0.29) is 22.2 Å². The summed E-state index contributed by atoms with van der Waals surface area (Å²) in [4.78, 5) is -0.0385. The summed E-state index contributed by atoms with van der Waals surface area (Å²) in [5.41, 5.74) is 5.45. The largest absolute Gasteiger partial charge is 0.506 e. The van der Waals surface area contributed by atoms with Crippen LogP contribution in [0.25, 0.3) is 0 Å². The van der Waals surface area contributed by atoms with Crippen LogP contribution in [0.2, 0.25) is 0 Å². The zero-order valence-corrected chi connectivity index (χ0v) is 10.3. The standard InChI is InChI=1S/C10H12N4O3S/c1-14-5-4-10(12-14)13-18(16,17)7-2-3-9(15)8(11)6-7/h2-6,15H,11H2,1H3,(H,12,13). The highest BCUT2D eigenvalue weighted by Gasteiger charge is 2.16. The Morgan fingerprint density at radius 1 is 1.39 bits per heavy atom. The Balaban J connectivity index is 2.33. The number of rotatable bonds is 3. The van der Waals surface area contributed by atoms with E-state index < -0.39 is 10.0 Å². The molecule has 0 saturated heterocycles. The lowest BCUT2D eigenvalue weighted by atomic mass is 10.3. The molecule has 0 aliphatic rings. The van der Waals surface area contributed by atoms with Crippen LogP contribution >= 0.6 is 0 Å². The highest BCUT2D eigenvalue weighted by Crippen LogP contribution is 2.24. The minimum absolute atomic E-state index is 0.00102. The third-order valence-electron chi connectivity index (χ3n) is 2.26. The highest BCUT2D eigenvalue weighted by molar-refractivity contribution is 7.92. The fourth-order valence-electron chi connectivity index (χ4n) is 1.37. The molecule has 18 heavy (non-hydrogen) atoms. The van der Waals surface area contributed by atoms with E-state index in [0.29, 0.717) is 0 Å². The van der Waals surface area contributed by atoms with Gasteiger partial charge in [0.15, 0.2) is 5.82 Å². The van der Waals surface area contributed by atoms with Crippen LogP contribution in [0.1, 0.15) is 0 Å². The van der Waals surface area contributed by atoms with Gasteiger partial charge in [0, 0.05) is 19.3 Å². The number of aryl methyl sites for hydroxylation is 1. The molecule has 0 atom stereocenters. The fourth-order valence-corrected chi connectivity index (χ4v) is 2.40. The molecule has 0 unspecified atom stereocenters. The number of sulfonamides is 1. The van der Waals surface area contributed by atoms with Gasteiger partial charge in [0.1, 0.15) is 5.75 Å². The van der Waals surface area contributed by atoms with Gasteiger partial charge in [-0.3, -0.25) is 9.40 Å². The summed E-state index contributed by atoms with van der Waals surface area (Å²) in [7, 11) is -2.08. The Kier molecular flexibility index (Phi) is 2.87. The minimum atomic E-state index is -3.76. The number of benzene rings is 1. The molecule has 8 heteroatoms. The second-order valence-corrected chi connectivity index (χ2v) is 5.38. The monoisotopic (exact) mass is 268 g/mol. The first kappa shape index (κ1) is 12.2. The number of nitrogens with two attached hydrogens (primary N) is 1. The average molecular weight is 268 g/mol. The van der Waals surface area contributed by atoms with Gasteiger partial charge in [0.25, 0.3) is 10.0 Å². The lowest BCUT2D eigenvalue weighted by Crippen LogP contribution is -2.13. The molecular formula is C10H12N4O3S. The number of anilines is 2. The van der Waals surface area contributed by atoms with E-state index >= 15 is 0 Å². The van der Waals surface area contributed by atoms with Crippen LogP contribution in [0.5, 0.6) is 5.75 Å². The average Bonchev–Trinajstić information content (AvgIpc) is 2.67. The normalized spacial score (nSPS) is 11.4. The van der Waals surface area contributed by atoms with Crippen LogP contribution in [0.3, 0.4) is 0 Å². The van der Waals surface area contributed by atoms with Crippen molar-refractivity contribution in [3.63, 3.8) is 0 Å². The Morgan fingerprint density at radius 3 is 2.67 bits per heavy atom. The predicted octanol–water partition coefficient (Wildman–Crippen LogP) is 0.509. The van der Waals surface area contributed by atoms with Gasteiger partial charge in [0.2, 0.25) is 0 Å². The Hall–Kier alpha value is -2.22. The molecule has 96 valence electrons. The van der Waals surface area contributed by atoms with E-state index in [1.54, 1.807) is 13.2 Å². The molecule has 0 aliphatic carbocycles. The maximum absolute atomic E-state index is 12.0. The molecule has 0 radical (unpaired) electrons. The van der Waals surface area contributed by atoms with Gasteiger partial charge in [-0.15, -0.1) is 0 Å². The van der Waals surface area contributed by atoms with Gasteiger partial charge in [-0.25, -0.2) is 8.42 Å². The van der Waals surface area contributed by atoms with Gasteiger partial charge in [-0.2, -0.15) is 5.10 Å². The molecule has 2 rings (SSSR count). The first-order valence-corrected chi connectivity index (χ1v) is 6.48. The van der Waals surface area contributed by atoms with Gasteiger partial charge in [-0.1, -0.05) is 0 Å². The molecule has 1 heterocycles. The second kappa shape index (κ2) is 4.22. The Morgan fingerprint density at radius 2 is 2.11 bits per heavy atom. The summed E-state index contributed by atoms with van der Waals surface area (Å²) in [5, 5.41) is 13.2. The van der Waals surface area contributed by atoms with Crippen molar-refractivity contribution in [1.29, 1.82) is 0 Å². The lowest BCUT2D eigenvalue weighted by molar-refractivity contribution is 0.477. The van der Waals surface area contributed by atoms with Crippen LogP contribution in [-0.4, -0.2) is 23.3 Å². The SMILES string of the molecule is Cn1ccc(NS(=O)(=O)c2ccc(O)c(N)c2)n1. The predicted molar refractivity (Wildman–Crippen MR) is 66.5 cm³/mol. The van der Waals surface area contributed by atoms with Gasteiger partial charge >= 0.3 is 0 Å². The topological polar surface area (TPSA) is 110 Å². The molecule has 2 aromatic rings. The summed E-state index contributed by atoms with van der Waals surface area (Å²) in [6.07, 6.45) is 1.61. The summed E-state index contributed by atoms with van der Waals surface area (Å²) < 4.78 is 27.7. The van der Waals surface area contributed by atoms with Crippen molar-refractivity contribution in [1.82, 2.24) is 9.78 Å². The smallest absolute Gasteiger partial charge is 0.263 e. The van der Waals surface area contributed by atoms with Crippen molar-refractivity contribution in [2.75, 3.05) is 10.5 Å². The fraction of sp³-hybridized carbons (Fsp3) is 0.100. The van der Waals surface area contributed by atoms with Crippen LogP contribution in [0.15, 0.2) is 35.4 Å². The Labute approximate surface area is 104 Å². The Bertz CT molecular complexity index is 678. The van der Waals surface area contributed by atoms with E-state index in [4.69, 9.17) is 5.73 Å². The van der Waals surface area contributed by atoms with Gasteiger partial charge in [0.05, 0.1) is 10.6 Å². The van der Waals surface area contributed by atoms with E-state index in [0.717, 1.165) is 0 Å². The number of aromatic nitrogens is 2. The third-order valence-corrected chi connectivity index (χ3v) is 3.61. The van der Waals surface area contributed by atoms with Crippen LogP contribution in [0, 0.1) is 0 Å². The quantitative estimate of drug-likeness (QED) is 0.555. The van der Waals surface area contributed by atoms with E-state index in [1.807, 2.05) is 0 Å². The minimum Gasteiger partial charge on any atom is -0.506 e. The maximum Gasteiger partial charge on any atom is 0.263 e. The number of hydrogen-bond donors (Lipinski definition) is 3. The zero-order chi connectivity index (χ0) is 13.3. The maximum atomic E-state index is 12.0. The van der Waals surface area contributed by atoms with E-state index in [2.05, 4.69) is 9.82 Å². The third kappa shape index (κ3) is 2.38. The summed E-state index contributed by atoms with van der Waals surface area (Å²) in [6.45, 7) is 0. The molecule has 4 N–H and O–H groups in total. The van der Waals surface area contributed by atoms with Gasteiger partial charge < -0.3 is 10.8 Å². The number of phenolic OH excluding ortho intramolecular Hbond substituents is 1. The van der Waals surface area contributed by atoms with Crippen molar-refractivity contribution >= 4 is 21.5 Å². The van der Waals surface area contributed by atoms with Gasteiger partial charge in [-0.05, 0) is 18.2 Å². The van der Waals surface area contributed by atoms with Crippen molar-refractivity contribution in [3.8, 4) is 5.75 Å². The molecule has 1 aromatic heterocycles. The van der Waals surface area contributed by atoms with Crippen LogP contribution < -0.4 is 10.5 Å². The molecule has 0 bridgehead atoms. The molecule has 0 aliphatic heterocycles. The molecule has 0 spiro atoms. The van der Waals surface area contributed by atoms with E-state index in [1.165, 1.54) is 28.9 Å². The van der Waals surface area contributed by atoms with Crippen molar-refractivity contribution < 1.29 is 13.5 Å². The molecular weight excluding hydrogens is 256 g/mol. The van der Waals surface area contributed by atoms with Crippen LogP contribution in [-0.2, 0) is 17.1 Å². The van der Waals surface area contributed by atoms with Crippen LogP contribution in [0.4, 0.5) is 11.5 Å². The first-order valence-electron chi connectivity index (χ1n) is 4.99. The summed E-state index contributed by atoms with van der Waals surface area (Å²) >= 11 is 0. The van der Waals surface area contributed by atoms with Crippen molar-refractivity contribution in [2.24, 2.45) is 7.05 Å². The summed E-state index contributed by atoms with van der Waals surface area (Å²) in [5.74, 6) is 0.0518. The molecule has 7 nitrogen and oxygen atoms in total. The lowest BCUT2D eigenvalue weighted by Gasteiger charge is -2.06. The number of phenols is 1. The molecule has 1 aromatic carbocycles. The van der Waals surface area contributed by atoms with Crippen molar-refractivity contribution in [2.45, 2.75) is 4.90 Å². The number of hydrogen-bond acceptors (Lipinski definition) is 5. The molecule has 0 saturated carbocycles. The number of aromatic hydroxyl groups is 1. The van der Waals surface area contributed by atoms with E-state index in [9.17, 15) is 13.5 Å².